The third-order valence-corrected chi connectivity index (χ3v) is 6.11. The maximum Gasteiger partial charge on any atom is 0.323 e. The number of urea groups is 1. The Morgan fingerprint density at radius 2 is 2.07 bits per heavy atom. The van der Waals surface area contributed by atoms with Gasteiger partial charge in [-0.15, -0.1) is 0 Å². The number of halogens is 1. The van der Waals surface area contributed by atoms with Crippen LogP contribution in [-0.4, -0.2) is 58.8 Å². The molecule has 4 rings (SSSR count). The summed E-state index contributed by atoms with van der Waals surface area (Å²) in [5, 5.41) is 13.2. The van der Waals surface area contributed by atoms with Crippen LogP contribution in [0.1, 0.15) is 11.1 Å². The molecule has 2 amide bonds. The zero-order valence-electron chi connectivity index (χ0n) is 16.1. The summed E-state index contributed by atoms with van der Waals surface area (Å²) < 4.78 is 0.948. The number of nitrogens with zero attached hydrogens (tertiary/aromatic N) is 4. The van der Waals surface area contributed by atoms with Crippen LogP contribution in [0.15, 0.2) is 30.5 Å². The number of aliphatic hydroxyl groups is 1. The number of carbonyl (C=O) groups is 1. The number of thiazole rings is 1. The average molecular weight is 432 g/mol. The van der Waals surface area contributed by atoms with Gasteiger partial charge in [0.2, 0.25) is 0 Å². The number of hydrogen-bond acceptors (Lipinski definition) is 6. The van der Waals surface area contributed by atoms with Gasteiger partial charge in [-0.25, -0.2) is 14.8 Å². The topological polar surface area (TPSA) is 81.6 Å². The number of carbonyl (C=O) groups excluding carboxylic acids is 1. The smallest absolute Gasteiger partial charge is 0.323 e. The minimum absolute atomic E-state index is 0.121. The molecule has 0 bridgehead atoms. The number of aryl methyl sites for hydroxylation is 1. The van der Waals surface area contributed by atoms with Gasteiger partial charge in [0, 0.05) is 44.0 Å². The molecular weight excluding hydrogens is 410 g/mol. The highest BCUT2D eigenvalue weighted by Gasteiger charge is 2.23. The second kappa shape index (κ2) is 8.52. The highest BCUT2D eigenvalue weighted by atomic mass is 35.5. The molecule has 0 aliphatic carbocycles. The maximum atomic E-state index is 12.6. The molecule has 2 N–H and O–H groups in total. The largest absolute Gasteiger partial charge is 0.396 e. The minimum Gasteiger partial charge on any atom is -0.396 e. The fourth-order valence-corrected chi connectivity index (χ4v) is 4.60. The van der Waals surface area contributed by atoms with E-state index in [0.29, 0.717) is 29.7 Å². The number of hydrogen-bond donors (Lipinski definition) is 2. The summed E-state index contributed by atoms with van der Waals surface area (Å²) in [6, 6.07) is 7.42. The highest BCUT2D eigenvalue weighted by Crippen LogP contribution is 2.28. The van der Waals surface area contributed by atoms with Crippen molar-refractivity contribution in [3.63, 3.8) is 0 Å². The number of aromatic nitrogens is 2. The fourth-order valence-electron chi connectivity index (χ4n) is 3.47. The number of piperazine rings is 1. The van der Waals surface area contributed by atoms with E-state index >= 15 is 0 Å². The van der Waals surface area contributed by atoms with Crippen molar-refractivity contribution in [3.05, 3.63) is 46.6 Å². The quantitative estimate of drug-likeness (QED) is 0.660. The van der Waals surface area contributed by atoms with E-state index in [1.165, 1.54) is 11.3 Å². The van der Waals surface area contributed by atoms with Gasteiger partial charge in [-0.1, -0.05) is 29.0 Å². The van der Waals surface area contributed by atoms with Crippen molar-refractivity contribution >= 4 is 50.1 Å². The number of benzene rings is 1. The predicted molar refractivity (Wildman–Crippen MR) is 117 cm³/mol. The minimum atomic E-state index is -0.141. The number of fused-ring (bicyclic) bond motifs is 1. The van der Waals surface area contributed by atoms with Gasteiger partial charge >= 0.3 is 6.03 Å². The summed E-state index contributed by atoms with van der Waals surface area (Å²) >= 11 is 7.43. The molecule has 0 spiro atoms. The first kappa shape index (κ1) is 19.9. The molecule has 1 saturated heterocycles. The van der Waals surface area contributed by atoms with Crippen molar-refractivity contribution in [2.45, 2.75) is 13.3 Å². The van der Waals surface area contributed by atoms with Crippen molar-refractivity contribution < 1.29 is 9.90 Å². The lowest BCUT2D eigenvalue weighted by atomic mass is 10.1. The van der Waals surface area contributed by atoms with Gasteiger partial charge in [0.15, 0.2) is 5.13 Å². The zero-order valence-corrected chi connectivity index (χ0v) is 17.6. The molecule has 7 nitrogen and oxygen atoms in total. The first-order valence-electron chi connectivity index (χ1n) is 9.47. The van der Waals surface area contributed by atoms with Crippen molar-refractivity contribution in [2.75, 3.05) is 43.0 Å². The van der Waals surface area contributed by atoms with Crippen LogP contribution in [-0.2, 0) is 6.42 Å². The Balaban J connectivity index is 1.36. The van der Waals surface area contributed by atoms with Gasteiger partial charge in [0.05, 0.1) is 10.2 Å². The Hall–Kier alpha value is -2.42. The van der Waals surface area contributed by atoms with Crippen LogP contribution in [0, 0.1) is 6.92 Å². The number of anilines is 2. The van der Waals surface area contributed by atoms with Crippen LogP contribution in [0.3, 0.4) is 0 Å². The molecule has 1 aliphatic rings. The van der Waals surface area contributed by atoms with E-state index in [4.69, 9.17) is 16.7 Å². The Bertz CT molecular complexity index is 1030. The number of amides is 2. The van der Waals surface area contributed by atoms with Crippen molar-refractivity contribution in [3.8, 4) is 0 Å². The van der Waals surface area contributed by atoms with Gasteiger partial charge in [-0.3, -0.25) is 5.32 Å². The van der Waals surface area contributed by atoms with E-state index in [1.807, 2.05) is 25.3 Å². The standard InChI is InChI=1S/C20H22ClN5O2S/c1-13-10-14(4-9-27)12-22-18(13)25-5-7-26(8-6-25)20(28)24-19-23-16-3-2-15(21)11-17(16)29-19/h2-3,10-12,27H,4-9H2,1H3,(H,23,24,28). The van der Waals surface area contributed by atoms with Gasteiger partial charge in [0.1, 0.15) is 5.82 Å². The lowest BCUT2D eigenvalue weighted by molar-refractivity contribution is 0.208. The van der Waals surface area contributed by atoms with E-state index in [2.05, 4.69) is 26.3 Å². The molecule has 9 heteroatoms. The van der Waals surface area contributed by atoms with Gasteiger partial charge < -0.3 is 14.9 Å². The molecule has 3 aromatic rings. The fraction of sp³-hybridized carbons (Fsp3) is 0.350. The summed E-state index contributed by atoms with van der Waals surface area (Å²) in [6.45, 7) is 4.81. The molecule has 0 radical (unpaired) electrons. The van der Waals surface area contributed by atoms with E-state index in [9.17, 15) is 4.79 Å². The van der Waals surface area contributed by atoms with Crippen LogP contribution >= 0.6 is 22.9 Å². The Morgan fingerprint density at radius 3 is 2.79 bits per heavy atom. The maximum absolute atomic E-state index is 12.6. The molecular formula is C20H22ClN5O2S. The third kappa shape index (κ3) is 4.44. The molecule has 152 valence electrons. The normalized spacial score (nSPS) is 14.4. The van der Waals surface area contributed by atoms with E-state index in [-0.39, 0.29) is 12.6 Å². The van der Waals surface area contributed by atoms with E-state index in [1.54, 1.807) is 11.0 Å². The lowest BCUT2D eigenvalue weighted by Crippen LogP contribution is -2.50. The Kier molecular flexibility index (Phi) is 5.84. The Morgan fingerprint density at radius 1 is 1.28 bits per heavy atom. The summed E-state index contributed by atoms with van der Waals surface area (Å²) in [7, 11) is 0. The first-order chi connectivity index (χ1) is 14.0. The average Bonchev–Trinajstić information content (AvgIpc) is 3.10. The third-order valence-electron chi connectivity index (χ3n) is 4.94. The van der Waals surface area contributed by atoms with Crippen molar-refractivity contribution in [2.24, 2.45) is 0 Å². The van der Waals surface area contributed by atoms with Crippen LogP contribution in [0.4, 0.5) is 15.7 Å². The Labute approximate surface area is 177 Å². The second-order valence-electron chi connectivity index (χ2n) is 6.99. The molecule has 0 unspecified atom stereocenters. The van der Waals surface area contributed by atoms with E-state index in [0.717, 1.165) is 40.3 Å². The van der Waals surface area contributed by atoms with Crippen LogP contribution in [0.2, 0.25) is 5.02 Å². The van der Waals surface area contributed by atoms with E-state index < -0.39 is 0 Å². The van der Waals surface area contributed by atoms with Crippen LogP contribution in [0.25, 0.3) is 10.2 Å². The zero-order chi connectivity index (χ0) is 20.4. The number of nitrogens with one attached hydrogen (secondary N) is 1. The highest BCUT2D eigenvalue weighted by molar-refractivity contribution is 7.22. The molecule has 1 aromatic carbocycles. The molecule has 0 saturated carbocycles. The summed E-state index contributed by atoms with van der Waals surface area (Å²) in [5.74, 6) is 0.940. The summed E-state index contributed by atoms with van der Waals surface area (Å²) in [6.07, 6.45) is 2.43. The van der Waals surface area contributed by atoms with Gasteiger partial charge in [0.25, 0.3) is 0 Å². The van der Waals surface area contributed by atoms with Gasteiger partial charge in [-0.2, -0.15) is 0 Å². The molecule has 0 atom stereocenters. The molecule has 2 aromatic heterocycles. The molecule has 29 heavy (non-hydrogen) atoms. The van der Waals surface area contributed by atoms with Crippen LogP contribution < -0.4 is 10.2 Å². The van der Waals surface area contributed by atoms with Crippen molar-refractivity contribution in [1.29, 1.82) is 0 Å². The lowest BCUT2D eigenvalue weighted by Gasteiger charge is -2.35. The van der Waals surface area contributed by atoms with Crippen molar-refractivity contribution in [1.82, 2.24) is 14.9 Å². The number of aliphatic hydroxyl groups excluding tert-OH is 1. The second-order valence-corrected chi connectivity index (χ2v) is 8.46. The SMILES string of the molecule is Cc1cc(CCO)cnc1N1CCN(C(=O)Nc2nc3ccc(Cl)cc3s2)CC1. The number of rotatable bonds is 4. The molecule has 3 heterocycles. The summed E-state index contributed by atoms with van der Waals surface area (Å²) in [5.41, 5.74) is 2.94. The monoisotopic (exact) mass is 431 g/mol. The molecule has 1 fully saturated rings. The van der Waals surface area contributed by atoms with Crippen LogP contribution in [0.5, 0.6) is 0 Å². The number of pyridine rings is 1. The first-order valence-corrected chi connectivity index (χ1v) is 10.7. The predicted octanol–water partition coefficient (Wildman–Crippen LogP) is 3.54. The van der Waals surface area contributed by atoms with Gasteiger partial charge in [-0.05, 0) is 42.7 Å². The summed E-state index contributed by atoms with van der Waals surface area (Å²) in [4.78, 5) is 25.6. The molecule has 1 aliphatic heterocycles.